The fourth-order valence-electron chi connectivity index (χ4n) is 1.62. The normalized spacial score (nSPS) is 13.1. The van der Waals surface area contributed by atoms with Crippen LogP contribution in [0.15, 0.2) is 30.3 Å². The molecule has 119 valence electrons. The van der Waals surface area contributed by atoms with Gasteiger partial charge >= 0.3 is 6.09 Å². The number of ether oxygens (including phenoxy) is 1. The Hall–Kier alpha value is -2.37. The summed E-state index contributed by atoms with van der Waals surface area (Å²) in [6, 6.07) is 7.71. The van der Waals surface area contributed by atoms with Crippen LogP contribution >= 0.6 is 0 Å². The number of carbonyl (C=O) groups is 2. The Morgan fingerprint density at radius 1 is 1.14 bits per heavy atom. The third-order valence-corrected chi connectivity index (χ3v) is 3.03. The van der Waals surface area contributed by atoms with Crippen LogP contribution in [0.2, 0.25) is 0 Å². The molecule has 0 heterocycles. The van der Waals surface area contributed by atoms with Gasteiger partial charge in [0.2, 0.25) is 12.2 Å². The molecule has 0 spiro atoms. The smallest absolute Gasteiger partial charge is 0.408 e. The van der Waals surface area contributed by atoms with E-state index in [9.17, 15) is 14.4 Å². The number of benzene rings is 1. The van der Waals surface area contributed by atoms with E-state index in [1.807, 2.05) is 30.3 Å². The zero-order chi connectivity index (χ0) is 16.5. The van der Waals surface area contributed by atoms with Crippen LogP contribution < -0.4 is 10.6 Å². The van der Waals surface area contributed by atoms with Crippen LogP contribution in [0, 0.1) is 5.92 Å². The first-order chi connectivity index (χ1) is 10.4. The van der Waals surface area contributed by atoms with Crippen LogP contribution in [0.1, 0.15) is 26.3 Å². The van der Waals surface area contributed by atoms with Gasteiger partial charge in [-0.15, -0.1) is 0 Å². The van der Waals surface area contributed by atoms with Gasteiger partial charge in [-0.1, -0.05) is 44.2 Å². The highest BCUT2D eigenvalue weighted by Gasteiger charge is 2.21. The van der Waals surface area contributed by atoms with E-state index in [1.165, 1.54) is 6.92 Å². The Morgan fingerprint density at radius 2 is 1.77 bits per heavy atom. The highest BCUT2D eigenvalue weighted by Crippen LogP contribution is 2.01. The molecule has 0 aliphatic carbocycles. The zero-order valence-electron chi connectivity index (χ0n) is 13.0. The van der Waals surface area contributed by atoms with Gasteiger partial charge in [-0.3, -0.25) is 9.59 Å². The van der Waals surface area contributed by atoms with Gasteiger partial charge < -0.3 is 15.4 Å². The summed E-state index contributed by atoms with van der Waals surface area (Å²) >= 11 is 0. The second kappa shape index (κ2) is 8.81. The minimum atomic E-state index is -0.808. The number of nitrogens with one attached hydrogen (secondary N) is 2. The number of rotatable bonds is 7. The summed E-state index contributed by atoms with van der Waals surface area (Å²) in [5.41, 5.74) is 0.852. The van der Waals surface area contributed by atoms with Crippen molar-refractivity contribution in [3.63, 3.8) is 0 Å². The molecule has 2 N–H and O–H groups in total. The average Bonchev–Trinajstić information content (AvgIpc) is 2.50. The number of hydrogen-bond acceptors (Lipinski definition) is 4. The summed E-state index contributed by atoms with van der Waals surface area (Å²) in [5, 5.41) is 4.93. The molecule has 2 atom stereocenters. The summed E-state index contributed by atoms with van der Waals surface area (Å²) < 4.78 is 5.02. The molecule has 1 aromatic rings. The second-order valence-electron chi connectivity index (χ2n) is 5.28. The molecule has 22 heavy (non-hydrogen) atoms. The largest absolute Gasteiger partial charge is 0.445 e. The highest BCUT2D eigenvalue weighted by molar-refractivity contribution is 5.87. The van der Waals surface area contributed by atoms with Crippen LogP contribution in [0.5, 0.6) is 0 Å². The summed E-state index contributed by atoms with van der Waals surface area (Å²) in [6.45, 7) is 5.23. The topological polar surface area (TPSA) is 84.5 Å². The van der Waals surface area contributed by atoms with Crippen LogP contribution in [0.4, 0.5) is 4.79 Å². The van der Waals surface area contributed by atoms with Crippen molar-refractivity contribution >= 4 is 18.3 Å². The van der Waals surface area contributed by atoms with E-state index in [4.69, 9.17) is 4.74 Å². The van der Waals surface area contributed by atoms with E-state index in [2.05, 4.69) is 10.6 Å². The highest BCUT2D eigenvalue weighted by atomic mass is 16.5. The van der Waals surface area contributed by atoms with Crippen molar-refractivity contribution in [2.75, 3.05) is 0 Å². The molecule has 1 aromatic carbocycles. The SMILES string of the molecule is CC(C)[C@@H]([C]=O)NC(=O)[C@H](C)NC(=O)OCc1ccccc1. The Kier molecular flexibility index (Phi) is 7.08. The predicted octanol–water partition coefficient (Wildman–Crippen LogP) is 1.55. The molecule has 1 rings (SSSR count). The number of hydrogen-bond donors (Lipinski definition) is 2. The molecule has 0 aliphatic rings. The van der Waals surface area contributed by atoms with Crippen molar-refractivity contribution in [1.82, 2.24) is 10.6 Å². The summed E-state index contributed by atoms with van der Waals surface area (Å²) in [7, 11) is 0. The molecule has 6 heteroatoms. The minimum Gasteiger partial charge on any atom is -0.445 e. The van der Waals surface area contributed by atoms with Crippen molar-refractivity contribution in [2.45, 2.75) is 39.5 Å². The quantitative estimate of drug-likeness (QED) is 0.800. The van der Waals surface area contributed by atoms with E-state index in [0.29, 0.717) is 0 Å². The minimum absolute atomic E-state index is 0.0707. The number of carbonyl (C=O) groups excluding carboxylic acids is 3. The van der Waals surface area contributed by atoms with Gasteiger partial charge in [0.1, 0.15) is 12.6 Å². The first-order valence-corrected chi connectivity index (χ1v) is 7.09. The molecule has 0 aromatic heterocycles. The van der Waals surface area contributed by atoms with Crippen molar-refractivity contribution in [2.24, 2.45) is 5.92 Å². The van der Waals surface area contributed by atoms with Gasteiger partial charge in [0.25, 0.3) is 0 Å². The van der Waals surface area contributed by atoms with E-state index in [0.717, 1.165) is 5.56 Å². The van der Waals surface area contributed by atoms with E-state index >= 15 is 0 Å². The summed E-state index contributed by atoms with van der Waals surface area (Å²) in [6.07, 6.45) is 1.07. The first-order valence-electron chi connectivity index (χ1n) is 7.09. The lowest BCUT2D eigenvalue weighted by Gasteiger charge is -2.19. The number of alkyl carbamates (subject to hydrolysis) is 1. The van der Waals surface area contributed by atoms with Crippen LogP contribution in [0.3, 0.4) is 0 Å². The van der Waals surface area contributed by atoms with Crippen molar-refractivity contribution < 1.29 is 19.1 Å². The van der Waals surface area contributed by atoms with Crippen LogP contribution in [-0.2, 0) is 20.9 Å². The molecule has 0 fully saturated rings. The van der Waals surface area contributed by atoms with Crippen molar-refractivity contribution in [1.29, 1.82) is 0 Å². The average molecular weight is 305 g/mol. The van der Waals surface area contributed by atoms with Gasteiger partial charge in [0.05, 0.1) is 6.04 Å². The fraction of sp³-hybridized carbons (Fsp3) is 0.438. The van der Waals surface area contributed by atoms with E-state index < -0.39 is 24.1 Å². The van der Waals surface area contributed by atoms with Gasteiger partial charge in [0, 0.05) is 0 Å². The Bertz CT molecular complexity index is 502. The maximum absolute atomic E-state index is 11.9. The molecule has 1 radical (unpaired) electrons. The van der Waals surface area contributed by atoms with Gasteiger partial charge in [0.15, 0.2) is 0 Å². The molecule has 2 amide bonds. The lowest BCUT2D eigenvalue weighted by molar-refractivity contribution is -0.123. The van der Waals surface area contributed by atoms with Crippen LogP contribution in [0.25, 0.3) is 0 Å². The lowest BCUT2D eigenvalue weighted by Crippen LogP contribution is -2.50. The van der Waals surface area contributed by atoms with Crippen LogP contribution in [-0.4, -0.2) is 30.4 Å². The Balaban J connectivity index is 2.39. The van der Waals surface area contributed by atoms with Gasteiger partial charge in [-0.25, -0.2) is 4.79 Å². The zero-order valence-corrected chi connectivity index (χ0v) is 13.0. The fourth-order valence-corrected chi connectivity index (χ4v) is 1.62. The predicted molar refractivity (Wildman–Crippen MR) is 81.7 cm³/mol. The molecule has 0 saturated carbocycles. The monoisotopic (exact) mass is 305 g/mol. The maximum atomic E-state index is 11.9. The third-order valence-electron chi connectivity index (χ3n) is 3.03. The summed E-state index contributed by atoms with van der Waals surface area (Å²) in [5.74, 6) is -0.530. The Morgan fingerprint density at radius 3 is 2.32 bits per heavy atom. The molecule has 0 aliphatic heterocycles. The lowest BCUT2D eigenvalue weighted by atomic mass is 10.1. The standard InChI is InChI=1S/C16H21N2O4/c1-11(2)14(9-19)18-15(20)12(3)17-16(21)22-10-13-7-5-4-6-8-13/h4-8,11-12,14H,10H2,1-3H3,(H,17,21)(H,18,20)/t12-,14+/m0/s1. The van der Waals surface area contributed by atoms with Gasteiger partial charge in [-0.05, 0) is 18.4 Å². The third kappa shape index (κ3) is 5.95. The molecule has 6 nitrogen and oxygen atoms in total. The second-order valence-corrected chi connectivity index (χ2v) is 5.28. The molecular formula is C16H21N2O4. The molecule has 0 saturated heterocycles. The maximum Gasteiger partial charge on any atom is 0.408 e. The van der Waals surface area contributed by atoms with Crippen molar-refractivity contribution in [3.05, 3.63) is 35.9 Å². The molecular weight excluding hydrogens is 284 g/mol. The summed E-state index contributed by atoms with van der Waals surface area (Å²) in [4.78, 5) is 34.2. The first kappa shape index (κ1) is 17.7. The van der Waals surface area contributed by atoms with Crippen molar-refractivity contribution in [3.8, 4) is 0 Å². The molecule has 0 bridgehead atoms. The molecule has 0 unspecified atom stereocenters. The van der Waals surface area contributed by atoms with E-state index in [-0.39, 0.29) is 12.5 Å². The Labute approximate surface area is 130 Å². The number of amides is 2. The van der Waals surface area contributed by atoms with Gasteiger partial charge in [-0.2, -0.15) is 0 Å². The van der Waals surface area contributed by atoms with E-state index in [1.54, 1.807) is 20.1 Å².